The fourth-order valence-corrected chi connectivity index (χ4v) is 5.41. The molecule has 2 saturated heterocycles. The van der Waals surface area contributed by atoms with Gasteiger partial charge in [-0.05, 0) is 75.6 Å². The summed E-state index contributed by atoms with van der Waals surface area (Å²) in [5.74, 6) is 2.68. The molecule has 0 aromatic carbocycles. The summed E-state index contributed by atoms with van der Waals surface area (Å²) in [6, 6.07) is 0. The topological polar surface area (TPSA) is 23.5 Å². The Balaban J connectivity index is 1.89. The standard InChI is InChI=1S/C16H23NO/c1-10-8-11-4-3-6-17-7-5-12-9-13(15(10)18)14(11)16(12,17)2/h8,11-12,14,18H,3-7,9H2,1-2H3. The van der Waals surface area contributed by atoms with Crippen molar-refractivity contribution >= 4 is 0 Å². The number of hydrogen-bond acceptors (Lipinski definition) is 2. The molecule has 0 aromatic rings. The highest BCUT2D eigenvalue weighted by Crippen LogP contribution is 2.60. The van der Waals surface area contributed by atoms with E-state index in [-0.39, 0.29) is 0 Å². The summed E-state index contributed by atoms with van der Waals surface area (Å²) in [6.07, 6.45) is 7.46. The van der Waals surface area contributed by atoms with Gasteiger partial charge in [0.15, 0.2) is 0 Å². The van der Waals surface area contributed by atoms with Crippen molar-refractivity contribution in [3.05, 3.63) is 23.0 Å². The van der Waals surface area contributed by atoms with E-state index in [1.807, 2.05) is 0 Å². The Hall–Kier alpha value is -0.760. The van der Waals surface area contributed by atoms with Crippen LogP contribution in [-0.2, 0) is 0 Å². The van der Waals surface area contributed by atoms with Crippen LogP contribution in [0.15, 0.2) is 23.0 Å². The lowest BCUT2D eigenvalue weighted by Crippen LogP contribution is -2.49. The molecule has 0 radical (unpaired) electrons. The molecule has 4 rings (SSSR count). The summed E-state index contributed by atoms with van der Waals surface area (Å²) in [5.41, 5.74) is 2.85. The van der Waals surface area contributed by atoms with Gasteiger partial charge in [0.1, 0.15) is 5.76 Å². The van der Waals surface area contributed by atoms with E-state index in [4.69, 9.17) is 0 Å². The van der Waals surface area contributed by atoms with Crippen LogP contribution in [-0.4, -0.2) is 28.6 Å². The van der Waals surface area contributed by atoms with Crippen LogP contribution in [0.4, 0.5) is 0 Å². The fraction of sp³-hybridized carbons (Fsp3) is 0.750. The third-order valence-electron chi connectivity index (χ3n) is 6.26. The second-order valence-electron chi connectivity index (χ2n) is 6.91. The zero-order valence-corrected chi connectivity index (χ0v) is 11.4. The number of nitrogens with zero attached hydrogens (tertiary/aromatic N) is 1. The monoisotopic (exact) mass is 245 g/mol. The van der Waals surface area contributed by atoms with Crippen LogP contribution < -0.4 is 0 Å². The van der Waals surface area contributed by atoms with Gasteiger partial charge in [-0.2, -0.15) is 0 Å². The average Bonchev–Trinajstić information content (AvgIpc) is 2.73. The molecular weight excluding hydrogens is 222 g/mol. The molecule has 2 aliphatic heterocycles. The molecule has 98 valence electrons. The van der Waals surface area contributed by atoms with Gasteiger partial charge in [0.25, 0.3) is 0 Å². The molecule has 2 heterocycles. The van der Waals surface area contributed by atoms with Gasteiger partial charge in [0, 0.05) is 11.5 Å². The molecule has 1 saturated carbocycles. The summed E-state index contributed by atoms with van der Waals surface area (Å²) in [7, 11) is 0. The van der Waals surface area contributed by atoms with Crippen LogP contribution in [0, 0.1) is 17.8 Å². The Bertz CT molecular complexity index is 464. The van der Waals surface area contributed by atoms with Crippen LogP contribution in [0.1, 0.15) is 39.5 Å². The summed E-state index contributed by atoms with van der Waals surface area (Å²) in [5, 5.41) is 10.4. The second-order valence-corrected chi connectivity index (χ2v) is 6.91. The zero-order valence-electron chi connectivity index (χ0n) is 11.4. The lowest BCUT2D eigenvalue weighted by molar-refractivity contribution is 0.0975. The Morgan fingerprint density at radius 3 is 3.00 bits per heavy atom. The molecule has 0 bridgehead atoms. The third-order valence-corrected chi connectivity index (χ3v) is 6.26. The van der Waals surface area contributed by atoms with Gasteiger partial charge in [0.2, 0.25) is 0 Å². The zero-order chi connectivity index (χ0) is 12.5. The van der Waals surface area contributed by atoms with E-state index in [2.05, 4.69) is 24.8 Å². The quantitative estimate of drug-likeness (QED) is 0.708. The van der Waals surface area contributed by atoms with Gasteiger partial charge in [-0.1, -0.05) is 6.08 Å². The molecule has 0 spiro atoms. The van der Waals surface area contributed by atoms with Gasteiger partial charge in [-0.25, -0.2) is 0 Å². The maximum atomic E-state index is 10.4. The Morgan fingerprint density at radius 1 is 1.33 bits per heavy atom. The first-order chi connectivity index (χ1) is 8.62. The number of hydrogen-bond donors (Lipinski definition) is 1. The lowest BCUT2D eigenvalue weighted by atomic mass is 9.71. The normalized spacial score (nSPS) is 47.0. The summed E-state index contributed by atoms with van der Waals surface area (Å²) >= 11 is 0. The number of aliphatic hydroxyl groups is 1. The van der Waals surface area contributed by atoms with Crippen LogP contribution in [0.3, 0.4) is 0 Å². The van der Waals surface area contributed by atoms with E-state index in [1.165, 1.54) is 37.9 Å². The average molecular weight is 245 g/mol. The Morgan fingerprint density at radius 2 is 2.17 bits per heavy atom. The van der Waals surface area contributed by atoms with Gasteiger partial charge >= 0.3 is 0 Å². The third kappa shape index (κ3) is 1.13. The van der Waals surface area contributed by atoms with Crippen molar-refractivity contribution < 1.29 is 5.11 Å². The highest BCUT2D eigenvalue weighted by molar-refractivity contribution is 5.42. The van der Waals surface area contributed by atoms with Crippen LogP contribution >= 0.6 is 0 Å². The largest absolute Gasteiger partial charge is 0.508 e. The van der Waals surface area contributed by atoms with E-state index in [0.717, 1.165) is 17.9 Å². The molecular formula is C16H23NO. The highest BCUT2D eigenvalue weighted by Gasteiger charge is 2.59. The van der Waals surface area contributed by atoms with Crippen LogP contribution in [0.5, 0.6) is 0 Å². The van der Waals surface area contributed by atoms with E-state index in [9.17, 15) is 5.11 Å². The van der Waals surface area contributed by atoms with Crippen molar-refractivity contribution in [2.45, 2.75) is 45.1 Å². The molecule has 0 aromatic heterocycles. The maximum absolute atomic E-state index is 10.4. The first kappa shape index (κ1) is 11.1. The smallest absolute Gasteiger partial charge is 0.117 e. The van der Waals surface area contributed by atoms with Crippen LogP contribution in [0.25, 0.3) is 0 Å². The minimum Gasteiger partial charge on any atom is -0.508 e. The molecule has 4 aliphatic rings. The van der Waals surface area contributed by atoms with Gasteiger partial charge in [-0.3, -0.25) is 4.90 Å². The predicted molar refractivity (Wildman–Crippen MR) is 72.3 cm³/mol. The first-order valence-electron chi connectivity index (χ1n) is 7.48. The predicted octanol–water partition coefficient (Wildman–Crippen LogP) is 3.27. The summed E-state index contributed by atoms with van der Waals surface area (Å²) < 4.78 is 0. The van der Waals surface area contributed by atoms with Crippen molar-refractivity contribution in [1.29, 1.82) is 0 Å². The SMILES string of the molecule is CC1=CC2CCCN3CCC4CC(=C1O)C2C43C. The van der Waals surface area contributed by atoms with Gasteiger partial charge < -0.3 is 5.11 Å². The van der Waals surface area contributed by atoms with Crippen molar-refractivity contribution in [3.8, 4) is 0 Å². The molecule has 2 heteroatoms. The van der Waals surface area contributed by atoms with E-state index >= 15 is 0 Å². The molecule has 4 unspecified atom stereocenters. The minimum atomic E-state index is 0.335. The number of aliphatic hydroxyl groups excluding tert-OH is 1. The number of allylic oxidation sites excluding steroid dienone is 2. The summed E-state index contributed by atoms with van der Waals surface area (Å²) in [4.78, 5) is 2.73. The van der Waals surface area contributed by atoms with E-state index in [0.29, 0.717) is 23.1 Å². The minimum absolute atomic E-state index is 0.335. The van der Waals surface area contributed by atoms with Crippen molar-refractivity contribution in [1.82, 2.24) is 4.90 Å². The highest BCUT2D eigenvalue weighted by atomic mass is 16.3. The van der Waals surface area contributed by atoms with Gasteiger partial charge in [0.05, 0.1) is 0 Å². The van der Waals surface area contributed by atoms with E-state index < -0.39 is 0 Å². The Kier molecular flexibility index (Phi) is 2.10. The lowest BCUT2D eigenvalue weighted by Gasteiger charge is -2.42. The number of rotatable bonds is 0. The van der Waals surface area contributed by atoms with Crippen molar-refractivity contribution in [3.63, 3.8) is 0 Å². The molecule has 4 atom stereocenters. The molecule has 0 amide bonds. The maximum Gasteiger partial charge on any atom is 0.117 e. The van der Waals surface area contributed by atoms with Crippen molar-refractivity contribution in [2.24, 2.45) is 17.8 Å². The second kappa shape index (κ2) is 3.41. The molecule has 3 fully saturated rings. The molecule has 2 nitrogen and oxygen atoms in total. The fourth-order valence-electron chi connectivity index (χ4n) is 5.41. The van der Waals surface area contributed by atoms with Crippen molar-refractivity contribution in [2.75, 3.05) is 13.1 Å². The molecule has 1 N–H and O–H groups in total. The van der Waals surface area contributed by atoms with E-state index in [1.54, 1.807) is 0 Å². The Labute approximate surface area is 109 Å². The van der Waals surface area contributed by atoms with Gasteiger partial charge in [-0.15, -0.1) is 0 Å². The summed E-state index contributed by atoms with van der Waals surface area (Å²) in [6.45, 7) is 7.10. The molecule has 18 heavy (non-hydrogen) atoms. The first-order valence-corrected chi connectivity index (χ1v) is 7.48. The van der Waals surface area contributed by atoms with Crippen LogP contribution in [0.2, 0.25) is 0 Å². The molecule has 2 aliphatic carbocycles.